The monoisotopic (exact) mass is 433 g/mol. The molecule has 150 valence electrons. The standard InChI is InChI=1S/C19H24FN3OS.2ClH/c1-14(12-21)19(24)23-9-7-22(8-10-23)13-17-5-6-18(25-17)15-3-2-4-16(20)11-15;;/h2-6,11,14H,7-10,12-13,21H2,1H3;2*1H. The van der Waals surface area contributed by atoms with Crippen LogP contribution >= 0.6 is 36.2 Å². The Labute approximate surface area is 176 Å². The molecule has 1 amide bonds. The maximum absolute atomic E-state index is 13.4. The van der Waals surface area contributed by atoms with E-state index in [4.69, 9.17) is 5.73 Å². The number of thiophene rings is 1. The van der Waals surface area contributed by atoms with E-state index in [0.717, 1.165) is 43.2 Å². The molecule has 1 aromatic carbocycles. The van der Waals surface area contributed by atoms with Crippen molar-refractivity contribution in [3.8, 4) is 10.4 Å². The molecule has 0 aliphatic carbocycles. The molecule has 1 aromatic heterocycles. The summed E-state index contributed by atoms with van der Waals surface area (Å²) in [6.07, 6.45) is 0. The second-order valence-electron chi connectivity index (χ2n) is 6.51. The average molecular weight is 434 g/mol. The van der Waals surface area contributed by atoms with Gasteiger partial charge < -0.3 is 10.6 Å². The molecule has 0 bridgehead atoms. The summed E-state index contributed by atoms with van der Waals surface area (Å²) in [6, 6.07) is 10.9. The number of amides is 1. The molecule has 2 heterocycles. The van der Waals surface area contributed by atoms with E-state index in [1.807, 2.05) is 17.9 Å². The largest absolute Gasteiger partial charge is 0.340 e. The van der Waals surface area contributed by atoms with E-state index < -0.39 is 0 Å². The lowest BCUT2D eigenvalue weighted by Crippen LogP contribution is -2.50. The summed E-state index contributed by atoms with van der Waals surface area (Å²) < 4.78 is 13.4. The van der Waals surface area contributed by atoms with Gasteiger partial charge in [-0.2, -0.15) is 0 Å². The van der Waals surface area contributed by atoms with Gasteiger partial charge in [0.05, 0.1) is 0 Å². The molecule has 2 aromatic rings. The van der Waals surface area contributed by atoms with E-state index >= 15 is 0 Å². The minimum Gasteiger partial charge on any atom is -0.340 e. The fourth-order valence-electron chi connectivity index (χ4n) is 3.02. The first-order valence-corrected chi connectivity index (χ1v) is 9.44. The van der Waals surface area contributed by atoms with Crippen LogP contribution in [-0.2, 0) is 11.3 Å². The molecule has 1 unspecified atom stereocenters. The first kappa shape index (κ1) is 23.9. The number of benzene rings is 1. The summed E-state index contributed by atoms with van der Waals surface area (Å²) in [7, 11) is 0. The molecule has 1 aliphatic rings. The normalized spacial score (nSPS) is 15.6. The molecule has 1 fully saturated rings. The quantitative estimate of drug-likeness (QED) is 0.782. The van der Waals surface area contributed by atoms with Crippen LogP contribution in [0.4, 0.5) is 4.39 Å². The molecule has 1 atom stereocenters. The zero-order valence-electron chi connectivity index (χ0n) is 15.3. The highest BCUT2D eigenvalue weighted by Crippen LogP contribution is 2.29. The Morgan fingerprint density at radius 3 is 2.52 bits per heavy atom. The van der Waals surface area contributed by atoms with Crippen LogP contribution in [-0.4, -0.2) is 48.4 Å². The molecule has 8 heteroatoms. The highest BCUT2D eigenvalue weighted by Gasteiger charge is 2.24. The van der Waals surface area contributed by atoms with Crippen molar-refractivity contribution in [3.05, 3.63) is 47.1 Å². The molecule has 4 nitrogen and oxygen atoms in total. The predicted octanol–water partition coefficient (Wildman–Crippen LogP) is 3.64. The molecule has 2 N–H and O–H groups in total. The van der Waals surface area contributed by atoms with Gasteiger partial charge in [0.25, 0.3) is 0 Å². The van der Waals surface area contributed by atoms with Crippen molar-refractivity contribution >= 4 is 42.1 Å². The lowest BCUT2D eigenvalue weighted by Gasteiger charge is -2.35. The van der Waals surface area contributed by atoms with E-state index in [1.54, 1.807) is 23.5 Å². The molecule has 0 radical (unpaired) electrons. The van der Waals surface area contributed by atoms with Crippen LogP contribution in [0.2, 0.25) is 0 Å². The van der Waals surface area contributed by atoms with Crippen LogP contribution in [0.15, 0.2) is 36.4 Å². The Morgan fingerprint density at radius 1 is 1.19 bits per heavy atom. The van der Waals surface area contributed by atoms with E-state index in [9.17, 15) is 9.18 Å². The van der Waals surface area contributed by atoms with Gasteiger partial charge in [-0.15, -0.1) is 36.2 Å². The topological polar surface area (TPSA) is 49.6 Å². The molecule has 27 heavy (non-hydrogen) atoms. The van der Waals surface area contributed by atoms with Gasteiger partial charge in [-0.25, -0.2) is 4.39 Å². The Morgan fingerprint density at radius 2 is 1.89 bits per heavy atom. The van der Waals surface area contributed by atoms with Crippen molar-refractivity contribution in [2.24, 2.45) is 11.7 Å². The smallest absolute Gasteiger partial charge is 0.226 e. The van der Waals surface area contributed by atoms with Gasteiger partial charge >= 0.3 is 0 Å². The number of nitrogens with zero attached hydrogens (tertiary/aromatic N) is 2. The lowest BCUT2D eigenvalue weighted by molar-refractivity contribution is -0.136. The van der Waals surface area contributed by atoms with Gasteiger partial charge in [0.1, 0.15) is 5.82 Å². The van der Waals surface area contributed by atoms with Crippen molar-refractivity contribution in [1.82, 2.24) is 9.80 Å². The second kappa shape index (κ2) is 11.0. The van der Waals surface area contributed by atoms with Crippen LogP contribution in [0.25, 0.3) is 10.4 Å². The molecular weight excluding hydrogens is 408 g/mol. The summed E-state index contributed by atoms with van der Waals surface area (Å²) in [6.45, 7) is 6.41. The summed E-state index contributed by atoms with van der Waals surface area (Å²) in [5.41, 5.74) is 6.51. The molecule has 3 rings (SSSR count). The number of halogens is 3. The van der Waals surface area contributed by atoms with E-state index in [-0.39, 0.29) is 42.5 Å². The number of rotatable bonds is 5. The van der Waals surface area contributed by atoms with Gasteiger partial charge in [-0.05, 0) is 29.8 Å². The van der Waals surface area contributed by atoms with Crippen molar-refractivity contribution in [2.45, 2.75) is 13.5 Å². The number of nitrogens with two attached hydrogens (primary N) is 1. The first-order chi connectivity index (χ1) is 12.1. The lowest BCUT2D eigenvalue weighted by atomic mass is 10.1. The predicted molar refractivity (Wildman–Crippen MR) is 114 cm³/mol. The Kier molecular flexibility index (Phi) is 9.70. The zero-order chi connectivity index (χ0) is 17.8. The average Bonchev–Trinajstić information content (AvgIpc) is 3.09. The number of hydrogen-bond acceptors (Lipinski definition) is 4. The van der Waals surface area contributed by atoms with E-state index in [1.165, 1.54) is 10.9 Å². The minimum atomic E-state index is -0.208. The van der Waals surface area contributed by atoms with Crippen LogP contribution in [0.1, 0.15) is 11.8 Å². The maximum atomic E-state index is 13.4. The number of carbonyl (C=O) groups is 1. The highest BCUT2D eigenvalue weighted by molar-refractivity contribution is 7.15. The van der Waals surface area contributed by atoms with Crippen molar-refractivity contribution in [1.29, 1.82) is 0 Å². The van der Waals surface area contributed by atoms with Gasteiger partial charge in [0.2, 0.25) is 5.91 Å². The fraction of sp³-hybridized carbons (Fsp3) is 0.421. The molecule has 1 saturated heterocycles. The van der Waals surface area contributed by atoms with E-state index in [0.29, 0.717) is 6.54 Å². The van der Waals surface area contributed by atoms with Crippen molar-refractivity contribution in [3.63, 3.8) is 0 Å². The van der Waals surface area contributed by atoms with Crippen LogP contribution in [0, 0.1) is 11.7 Å². The second-order valence-corrected chi connectivity index (χ2v) is 7.68. The molecule has 0 saturated carbocycles. The third-order valence-corrected chi connectivity index (χ3v) is 5.73. The third-order valence-electron chi connectivity index (χ3n) is 4.61. The van der Waals surface area contributed by atoms with Gasteiger partial charge in [0, 0.05) is 54.9 Å². The SMILES string of the molecule is CC(CN)C(=O)N1CCN(Cc2ccc(-c3cccc(F)c3)s2)CC1.Cl.Cl. The summed E-state index contributed by atoms with van der Waals surface area (Å²) in [5.74, 6) is -0.149. The number of carbonyl (C=O) groups excluding carboxylic acids is 1. The van der Waals surface area contributed by atoms with Gasteiger partial charge in [0.15, 0.2) is 0 Å². The molecule has 0 spiro atoms. The molecule has 1 aliphatic heterocycles. The van der Waals surface area contributed by atoms with Crippen molar-refractivity contribution in [2.75, 3.05) is 32.7 Å². The Hall–Kier alpha value is -1.18. The van der Waals surface area contributed by atoms with Gasteiger partial charge in [-0.3, -0.25) is 9.69 Å². The third kappa shape index (κ3) is 6.16. The number of hydrogen-bond donors (Lipinski definition) is 1. The molecular formula is C19H26Cl2FN3OS. The Balaban J connectivity index is 0.00000182. The minimum absolute atomic E-state index is 0. The Bertz CT molecular complexity index is 735. The summed E-state index contributed by atoms with van der Waals surface area (Å²) >= 11 is 1.70. The highest BCUT2D eigenvalue weighted by atomic mass is 35.5. The van der Waals surface area contributed by atoms with Crippen LogP contribution in [0.5, 0.6) is 0 Å². The van der Waals surface area contributed by atoms with Crippen LogP contribution in [0.3, 0.4) is 0 Å². The van der Waals surface area contributed by atoms with E-state index in [2.05, 4.69) is 17.0 Å². The fourth-order valence-corrected chi connectivity index (χ4v) is 4.07. The van der Waals surface area contributed by atoms with Crippen LogP contribution < -0.4 is 5.73 Å². The van der Waals surface area contributed by atoms with Crippen molar-refractivity contribution < 1.29 is 9.18 Å². The first-order valence-electron chi connectivity index (χ1n) is 8.62. The maximum Gasteiger partial charge on any atom is 0.226 e. The summed E-state index contributed by atoms with van der Waals surface area (Å²) in [5, 5.41) is 0. The zero-order valence-corrected chi connectivity index (χ0v) is 17.7. The van der Waals surface area contributed by atoms with Gasteiger partial charge in [-0.1, -0.05) is 19.1 Å². The number of piperazine rings is 1. The summed E-state index contributed by atoms with van der Waals surface area (Å²) in [4.78, 5) is 18.8.